The average Bonchev–Trinajstić information content (AvgIpc) is 3.29. The SMILES string of the molecule is CCn1ccc(CNC(=O)c2ccc(COc3cc(C)ccc3C)o2)n1. The molecule has 0 aliphatic rings. The highest BCUT2D eigenvalue weighted by molar-refractivity contribution is 5.91. The van der Waals surface area contributed by atoms with Gasteiger partial charge in [-0.1, -0.05) is 12.1 Å². The second-order valence-corrected chi connectivity index (χ2v) is 6.17. The number of ether oxygens (including phenoxy) is 1. The van der Waals surface area contributed by atoms with E-state index in [-0.39, 0.29) is 18.3 Å². The molecule has 0 atom stereocenters. The molecule has 136 valence electrons. The fourth-order valence-electron chi connectivity index (χ4n) is 2.52. The Kier molecular flexibility index (Phi) is 5.41. The molecule has 0 radical (unpaired) electrons. The normalized spacial score (nSPS) is 10.7. The maximum absolute atomic E-state index is 12.2. The summed E-state index contributed by atoms with van der Waals surface area (Å²) < 4.78 is 13.2. The number of carbonyl (C=O) groups is 1. The second kappa shape index (κ2) is 7.91. The Balaban J connectivity index is 1.55. The largest absolute Gasteiger partial charge is 0.485 e. The molecule has 6 nitrogen and oxygen atoms in total. The highest BCUT2D eigenvalue weighted by Crippen LogP contribution is 2.21. The maximum Gasteiger partial charge on any atom is 0.287 e. The molecule has 1 N–H and O–H groups in total. The summed E-state index contributed by atoms with van der Waals surface area (Å²) in [5, 5.41) is 7.14. The van der Waals surface area contributed by atoms with Crippen molar-refractivity contribution in [3.05, 3.63) is 70.9 Å². The van der Waals surface area contributed by atoms with Crippen LogP contribution in [0.15, 0.2) is 47.0 Å². The van der Waals surface area contributed by atoms with Gasteiger partial charge in [0.25, 0.3) is 5.91 Å². The fraction of sp³-hybridized carbons (Fsp3) is 0.300. The third-order valence-corrected chi connectivity index (χ3v) is 4.05. The highest BCUT2D eigenvalue weighted by atomic mass is 16.5. The Labute approximate surface area is 152 Å². The molecule has 6 heteroatoms. The summed E-state index contributed by atoms with van der Waals surface area (Å²) in [6, 6.07) is 11.3. The highest BCUT2D eigenvalue weighted by Gasteiger charge is 2.12. The molecule has 0 spiro atoms. The van der Waals surface area contributed by atoms with Gasteiger partial charge in [-0.05, 0) is 56.2 Å². The number of nitrogens with one attached hydrogen (secondary N) is 1. The molecule has 0 fully saturated rings. The van der Waals surface area contributed by atoms with Gasteiger partial charge in [-0.2, -0.15) is 5.10 Å². The molecule has 0 saturated heterocycles. The van der Waals surface area contributed by atoms with Gasteiger partial charge in [0.1, 0.15) is 18.1 Å². The zero-order valence-electron chi connectivity index (χ0n) is 15.3. The van der Waals surface area contributed by atoms with Crippen LogP contribution in [-0.2, 0) is 19.7 Å². The standard InChI is InChI=1S/C20H23N3O3/c1-4-23-10-9-16(22-23)12-21-20(24)18-8-7-17(26-18)13-25-19-11-14(2)5-6-15(19)3/h5-11H,4,12-13H2,1-3H3,(H,21,24). The number of nitrogens with zero attached hydrogens (tertiary/aromatic N) is 2. The number of hydrogen-bond acceptors (Lipinski definition) is 4. The predicted octanol–water partition coefficient (Wildman–Crippen LogP) is 3.62. The third kappa shape index (κ3) is 4.33. The summed E-state index contributed by atoms with van der Waals surface area (Å²) in [6.45, 7) is 7.47. The molecule has 1 aromatic carbocycles. The maximum atomic E-state index is 12.2. The summed E-state index contributed by atoms with van der Waals surface area (Å²) in [4.78, 5) is 12.2. The van der Waals surface area contributed by atoms with Crippen LogP contribution in [0, 0.1) is 13.8 Å². The first kappa shape index (κ1) is 17.8. The first-order valence-corrected chi connectivity index (χ1v) is 8.64. The van der Waals surface area contributed by atoms with Crippen LogP contribution in [0.5, 0.6) is 5.75 Å². The number of amides is 1. The van der Waals surface area contributed by atoms with Crippen molar-refractivity contribution < 1.29 is 13.9 Å². The molecule has 0 bridgehead atoms. The summed E-state index contributed by atoms with van der Waals surface area (Å²) in [5.41, 5.74) is 3.01. The number of aryl methyl sites for hydroxylation is 3. The molecule has 0 unspecified atom stereocenters. The van der Waals surface area contributed by atoms with Gasteiger partial charge < -0.3 is 14.5 Å². The van der Waals surface area contributed by atoms with Crippen molar-refractivity contribution in [1.82, 2.24) is 15.1 Å². The Hall–Kier alpha value is -3.02. The lowest BCUT2D eigenvalue weighted by Crippen LogP contribution is -2.22. The van der Waals surface area contributed by atoms with Crippen LogP contribution in [0.2, 0.25) is 0 Å². The quantitative estimate of drug-likeness (QED) is 0.704. The minimum absolute atomic E-state index is 0.263. The van der Waals surface area contributed by atoms with Crippen molar-refractivity contribution in [2.24, 2.45) is 0 Å². The van der Waals surface area contributed by atoms with E-state index in [4.69, 9.17) is 9.15 Å². The van der Waals surface area contributed by atoms with E-state index in [1.165, 1.54) is 0 Å². The second-order valence-electron chi connectivity index (χ2n) is 6.17. The van der Waals surface area contributed by atoms with E-state index in [2.05, 4.69) is 10.4 Å². The molecule has 3 rings (SSSR count). The number of benzene rings is 1. The van der Waals surface area contributed by atoms with Crippen LogP contribution in [-0.4, -0.2) is 15.7 Å². The van der Waals surface area contributed by atoms with Gasteiger partial charge in [-0.15, -0.1) is 0 Å². The van der Waals surface area contributed by atoms with E-state index in [0.717, 1.165) is 29.1 Å². The predicted molar refractivity (Wildman–Crippen MR) is 98.0 cm³/mol. The van der Waals surface area contributed by atoms with Crippen molar-refractivity contribution in [3.8, 4) is 5.75 Å². The summed E-state index contributed by atoms with van der Waals surface area (Å²) in [5.74, 6) is 1.42. The van der Waals surface area contributed by atoms with E-state index < -0.39 is 0 Å². The van der Waals surface area contributed by atoms with E-state index in [9.17, 15) is 4.79 Å². The molecule has 0 aliphatic heterocycles. The Bertz CT molecular complexity index is 895. The van der Waals surface area contributed by atoms with Crippen LogP contribution in [0.4, 0.5) is 0 Å². The van der Waals surface area contributed by atoms with Crippen molar-refractivity contribution in [2.75, 3.05) is 0 Å². The summed E-state index contributed by atoms with van der Waals surface area (Å²) >= 11 is 0. The molecular formula is C20H23N3O3. The van der Waals surface area contributed by atoms with Crippen molar-refractivity contribution >= 4 is 5.91 Å². The Morgan fingerprint density at radius 3 is 2.85 bits per heavy atom. The number of rotatable bonds is 7. The van der Waals surface area contributed by atoms with E-state index in [0.29, 0.717) is 12.3 Å². The van der Waals surface area contributed by atoms with Crippen LogP contribution in [0.1, 0.15) is 40.1 Å². The molecule has 0 saturated carbocycles. The minimum Gasteiger partial charge on any atom is -0.485 e. The molecule has 3 aromatic rings. The molecular weight excluding hydrogens is 330 g/mol. The van der Waals surface area contributed by atoms with Crippen molar-refractivity contribution in [3.63, 3.8) is 0 Å². The first-order valence-electron chi connectivity index (χ1n) is 8.64. The lowest BCUT2D eigenvalue weighted by atomic mass is 10.1. The Morgan fingerprint density at radius 2 is 2.08 bits per heavy atom. The number of furan rings is 1. The van der Waals surface area contributed by atoms with Gasteiger partial charge >= 0.3 is 0 Å². The molecule has 2 aromatic heterocycles. The van der Waals surface area contributed by atoms with Crippen LogP contribution >= 0.6 is 0 Å². The fourth-order valence-corrected chi connectivity index (χ4v) is 2.52. The third-order valence-electron chi connectivity index (χ3n) is 4.05. The summed E-state index contributed by atoms with van der Waals surface area (Å²) in [6.07, 6.45) is 1.89. The number of aromatic nitrogens is 2. The number of carbonyl (C=O) groups excluding carboxylic acids is 1. The minimum atomic E-state index is -0.269. The lowest BCUT2D eigenvalue weighted by molar-refractivity contribution is 0.0918. The van der Waals surface area contributed by atoms with Crippen LogP contribution in [0.3, 0.4) is 0 Å². The molecule has 1 amide bonds. The van der Waals surface area contributed by atoms with Gasteiger partial charge in [-0.3, -0.25) is 9.48 Å². The van der Waals surface area contributed by atoms with Crippen molar-refractivity contribution in [2.45, 2.75) is 40.5 Å². The monoisotopic (exact) mass is 353 g/mol. The van der Waals surface area contributed by atoms with Gasteiger partial charge in [0, 0.05) is 12.7 Å². The lowest BCUT2D eigenvalue weighted by Gasteiger charge is -2.08. The zero-order chi connectivity index (χ0) is 18.5. The average molecular weight is 353 g/mol. The van der Waals surface area contributed by atoms with E-state index >= 15 is 0 Å². The Morgan fingerprint density at radius 1 is 1.23 bits per heavy atom. The summed E-state index contributed by atoms with van der Waals surface area (Å²) in [7, 11) is 0. The van der Waals surface area contributed by atoms with Gasteiger partial charge in [0.05, 0.1) is 12.2 Å². The van der Waals surface area contributed by atoms with Gasteiger partial charge in [-0.25, -0.2) is 0 Å². The molecule has 0 aliphatic carbocycles. The van der Waals surface area contributed by atoms with Gasteiger partial charge in [0.15, 0.2) is 5.76 Å². The van der Waals surface area contributed by atoms with Crippen LogP contribution in [0.25, 0.3) is 0 Å². The van der Waals surface area contributed by atoms with E-state index in [1.807, 2.05) is 55.9 Å². The molecule has 26 heavy (non-hydrogen) atoms. The van der Waals surface area contributed by atoms with E-state index in [1.54, 1.807) is 12.1 Å². The van der Waals surface area contributed by atoms with Crippen molar-refractivity contribution in [1.29, 1.82) is 0 Å². The number of hydrogen-bond donors (Lipinski definition) is 1. The first-order chi connectivity index (χ1) is 12.5. The topological polar surface area (TPSA) is 69.3 Å². The molecule has 2 heterocycles. The van der Waals surface area contributed by atoms with Crippen LogP contribution < -0.4 is 10.1 Å². The smallest absolute Gasteiger partial charge is 0.287 e. The van der Waals surface area contributed by atoms with Gasteiger partial charge in [0.2, 0.25) is 0 Å². The zero-order valence-corrected chi connectivity index (χ0v) is 15.3.